The summed E-state index contributed by atoms with van der Waals surface area (Å²) in [6, 6.07) is 0. The molecule has 0 heterocycles. The summed E-state index contributed by atoms with van der Waals surface area (Å²) in [5.74, 6) is -0.0545. The van der Waals surface area contributed by atoms with E-state index in [9.17, 15) is 16.8 Å². The van der Waals surface area contributed by atoms with Gasteiger partial charge in [0.05, 0.1) is 25.7 Å². The fourth-order valence-electron chi connectivity index (χ4n) is 1.08. The van der Waals surface area contributed by atoms with Crippen LogP contribution in [0.4, 0.5) is 0 Å². The molecule has 0 amide bonds. The summed E-state index contributed by atoms with van der Waals surface area (Å²) in [7, 11) is -4.51. The number of rotatable bonds is 9. The molecule has 0 aromatic carbocycles. The van der Waals surface area contributed by atoms with E-state index in [0.717, 1.165) is 14.2 Å². The molecule has 0 aliphatic rings. The van der Waals surface area contributed by atoms with Gasteiger partial charge in [-0.25, -0.2) is 0 Å². The molecule has 0 aromatic heterocycles. The summed E-state index contributed by atoms with van der Waals surface area (Å²) in [5, 5.41) is 0. The van der Waals surface area contributed by atoms with Crippen LogP contribution in [0.25, 0.3) is 0 Å². The normalized spacial score (nSPS) is 12.9. The Hall–Kier alpha value is -0.180. The maximum Gasteiger partial charge on any atom is 0.267 e. The van der Waals surface area contributed by atoms with Gasteiger partial charge >= 0.3 is 0 Å². The van der Waals surface area contributed by atoms with E-state index in [1.807, 2.05) is 0 Å². The van der Waals surface area contributed by atoms with Gasteiger partial charge in [0.1, 0.15) is 0 Å². The molecule has 98 valence electrons. The quantitative estimate of drug-likeness (QED) is 0.449. The maximum absolute atomic E-state index is 10.9. The highest BCUT2D eigenvalue weighted by Gasteiger charge is 2.09. The molecule has 0 spiro atoms. The minimum atomic E-state index is -3.38. The summed E-state index contributed by atoms with van der Waals surface area (Å²) < 4.78 is 52.1. The number of hydrogen-bond acceptors (Lipinski definition) is 6. The van der Waals surface area contributed by atoms with Gasteiger partial charge in [0.2, 0.25) is 0 Å². The van der Waals surface area contributed by atoms with Crippen LogP contribution in [-0.4, -0.2) is 42.6 Å². The van der Waals surface area contributed by atoms with Crippen LogP contribution in [0.5, 0.6) is 0 Å². The molecule has 0 radical (unpaired) electrons. The second-order valence-electron chi connectivity index (χ2n) is 3.27. The van der Waals surface area contributed by atoms with Crippen LogP contribution in [-0.2, 0) is 28.6 Å². The fourth-order valence-corrected chi connectivity index (χ4v) is 2.53. The highest BCUT2D eigenvalue weighted by atomic mass is 32.2. The molecule has 6 nitrogen and oxygen atoms in total. The van der Waals surface area contributed by atoms with Crippen LogP contribution in [0.1, 0.15) is 25.7 Å². The molecular formula is C8H18O6S2. The smallest absolute Gasteiger partial charge is 0.267 e. The largest absolute Gasteiger partial charge is 0.273 e. The van der Waals surface area contributed by atoms with Gasteiger partial charge in [0, 0.05) is 0 Å². The maximum atomic E-state index is 10.9. The molecule has 0 atom stereocenters. The highest BCUT2D eigenvalue weighted by molar-refractivity contribution is 7.86. The molecule has 16 heavy (non-hydrogen) atoms. The summed E-state index contributed by atoms with van der Waals surface area (Å²) in [5.41, 5.74) is 0. The predicted molar refractivity (Wildman–Crippen MR) is 60.1 cm³/mol. The zero-order valence-electron chi connectivity index (χ0n) is 9.51. The second kappa shape index (κ2) is 7.21. The molecule has 0 bridgehead atoms. The van der Waals surface area contributed by atoms with Crippen LogP contribution < -0.4 is 0 Å². The third-order valence-electron chi connectivity index (χ3n) is 2.05. The zero-order valence-corrected chi connectivity index (χ0v) is 11.1. The van der Waals surface area contributed by atoms with E-state index >= 15 is 0 Å². The van der Waals surface area contributed by atoms with Gasteiger partial charge in [-0.3, -0.25) is 8.37 Å². The second-order valence-corrected chi connectivity index (χ2v) is 6.99. The van der Waals surface area contributed by atoms with Gasteiger partial charge in [-0.05, 0) is 12.8 Å². The lowest BCUT2D eigenvalue weighted by atomic mass is 10.2. The third-order valence-corrected chi connectivity index (χ3v) is 4.64. The Bertz CT molecular complexity index is 331. The van der Waals surface area contributed by atoms with Crippen molar-refractivity contribution in [3.05, 3.63) is 0 Å². The van der Waals surface area contributed by atoms with E-state index in [1.54, 1.807) is 0 Å². The van der Waals surface area contributed by atoms with Crippen molar-refractivity contribution in [3.63, 3.8) is 0 Å². The first-order chi connectivity index (χ1) is 7.33. The standard InChI is InChI=1S/C8H18O6S2/c1-13-15(9,10)7-5-3-4-6-8-16(11,12)14-2/h3-8H2,1-2H3. The molecule has 8 heteroatoms. The Morgan fingerprint density at radius 2 is 1.00 bits per heavy atom. The van der Waals surface area contributed by atoms with E-state index in [-0.39, 0.29) is 11.5 Å². The Morgan fingerprint density at radius 3 is 1.25 bits per heavy atom. The highest BCUT2D eigenvalue weighted by Crippen LogP contribution is 2.05. The van der Waals surface area contributed by atoms with Crippen molar-refractivity contribution in [2.75, 3.05) is 25.7 Å². The van der Waals surface area contributed by atoms with E-state index in [1.165, 1.54) is 0 Å². The van der Waals surface area contributed by atoms with Crippen molar-refractivity contribution in [2.24, 2.45) is 0 Å². The average Bonchev–Trinajstić information content (AvgIpc) is 2.23. The Morgan fingerprint density at radius 1 is 0.688 bits per heavy atom. The van der Waals surface area contributed by atoms with Gasteiger partial charge < -0.3 is 0 Å². The lowest BCUT2D eigenvalue weighted by Crippen LogP contribution is -2.09. The van der Waals surface area contributed by atoms with Crippen molar-refractivity contribution >= 4 is 20.2 Å². The lowest BCUT2D eigenvalue weighted by molar-refractivity contribution is 0.393. The van der Waals surface area contributed by atoms with Crippen LogP contribution >= 0.6 is 0 Å². The molecule has 0 saturated carbocycles. The molecule has 0 fully saturated rings. The molecule has 0 unspecified atom stereocenters. The van der Waals surface area contributed by atoms with Crippen molar-refractivity contribution < 1.29 is 25.2 Å². The first-order valence-corrected chi connectivity index (χ1v) is 8.05. The van der Waals surface area contributed by atoms with E-state index in [4.69, 9.17) is 0 Å². The van der Waals surface area contributed by atoms with Gasteiger partial charge in [-0.2, -0.15) is 16.8 Å². The van der Waals surface area contributed by atoms with Crippen molar-refractivity contribution in [2.45, 2.75) is 25.7 Å². The van der Waals surface area contributed by atoms with Crippen LogP contribution in [0.15, 0.2) is 0 Å². The summed E-state index contributed by atoms with van der Waals surface area (Å²) >= 11 is 0. The Labute approximate surface area is 97.2 Å². The van der Waals surface area contributed by atoms with Gasteiger partial charge in [0.25, 0.3) is 20.2 Å². The first-order valence-electron chi connectivity index (χ1n) is 4.89. The number of unbranched alkanes of at least 4 members (excludes halogenated alkanes) is 3. The fraction of sp³-hybridized carbons (Fsp3) is 1.00. The molecule has 0 aliphatic carbocycles. The molecule has 0 saturated heterocycles. The molecule has 0 aromatic rings. The lowest BCUT2D eigenvalue weighted by Gasteiger charge is -2.02. The zero-order chi connectivity index (χ0) is 12.7. The van der Waals surface area contributed by atoms with Crippen LogP contribution in [0, 0.1) is 0 Å². The minimum absolute atomic E-state index is 0.0273. The third kappa shape index (κ3) is 8.03. The van der Waals surface area contributed by atoms with E-state index in [2.05, 4.69) is 8.37 Å². The van der Waals surface area contributed by atoms with Crippen molar-refractivity contribution in [3.8, 4) is 0 Å². The molecule has 0 rings (SSSR count). The van der Waals surface area contributed by atoms with Crippen LogP contribution in [0.3, 0.4) is 0 Å². The molecule has 0 aliphatic heterocycles. The van der Waals surface area contributed by atoms with Gasteiger partial charge in [0.15, 0.2) is 0 Å². The van der Waals surface area contributed by atoms with E-state index < -0.39 is 20.2 Å². The Balaban J connectivity index is 3.57. The summed E-state index contributed by atoms with van der Waals surface area (Å²) in [6.45, 7) is 0. The summed E-state index contributed by atoms with van der Waals surface area (Å²) in [6.07, 6.45) is 2.26. The first kappa shape index (κ1) is 15.8. The van der Waals surface area contributed by atoms with Crippen molar-refractivity contribution in [1.82, 2.24) is 0 Å². The topological polar surface area (TPSA) is 86.7 Å². The number of hydrogen-bond donors (Lipinski definition) is 0. The molecular weight excluding hydrogens is 256 g/mol. The SMILES string of the molecule is COS(=O)(=O)CCCCCCS(=O)(=O)OC. The summed E-state index contributed by atoms with van der Waals surface area (Å²) in [4.78, 5) is 0. The predicted octanol–water partition coefficient (Wildman–Crippen LogP) is 0.499. The van der Waals surface area contributed by atoms with Gasteiger partial charge in [-0.15, -0.1) is 0 Å². The van der Waals surface area contributed by atoms with Gasteiger partial charge in [-0.1, -0.05) is 12.8 Å². The Kier molecular flexibility index (Phi) is 7.12. The van der Waals surface area contributed by atoms with E-state index in [0.29, 0.717) is 25.7 Å². The minimum Gasteiger partial charge on any atom is -0.273 e. The molecule has 0 N–H and O–H groups in total. The van der Waals surface area contributed by atoms with Crippen LogP contribution in [0.2, 0.25) is 0 Å². The van der Waals surface area contributed by atoms with Crippen molar-refractivity contribution in [1.29, 1.82) is 0 Å². The average molecular weight is 274 g/mol. The monoisotopic (exact) mass is 274 g/mol.